The summed E-state index contributed by atoms with van der Waals surface area (Å²) >= 11 is 3.58. The van der Waals surface area contributed by atoms with E-state index in [1.807, 2.05) is 0 Å². The molecule has 0 heterocycles. The standard InChI is InChI=1S/C14H20BrNO/c1-10(14(2)7-8-14)16-13-6-4-5-12(15)11(13)9-17-3/h4-6,10,16H,7-9H2,1-3H3. The average molecular weight is 298 g/mol. The zero-order valence-electron chi connectivity index (χ0n) is 10.7. The molecule has 1 fully saturated rings. The molecular formula is C14H20BrNO. The molecule has 0 aliphatic heterocycles. The van der Waals surface area contributed by atoms with E-state index in [1.165, 1.54) is 24.1 Å². The Bertz CT molecular complexity index is 401. The highest BCUT2D eigenvalue weighted by Gasteiger charge is 2.42. The maximum Gasteiger partial charge on any atom is 0.0744 e. The molecule has 1 aromatic rings. The van der Waals surface area contributed by atoms with Crippen LogP contribution in [0.1, 0.15) is 32.3 Å². The summed E-state index contributed by atoms with van der Waals surface area (Å²) in [5.74, 6) is 0. The fourth-order valence-electron chi connectivity index (χ4n) is 2.02. The van der Waals surface area contributed by atoms with E-state index in [-0.39, 0.29) is 0 Å². The number of nitrogens with one attached hydrogen (secondary N) is 1. The molecule has 3 heteroatoms. The SMILES string of the molecule is COCc1c(Br)cccc1NC(C)C1(C)CC1. The number of ether oxygens (including phenoxy) is 1. The van der Waals surface area contributed by atoms with Gasteiger partial charge in [0, 0.05) is 28.9 Å². The van der Waals surface area contributed by atoms with E-state index in [9.17, 15) is 0 Å². The summed E-state index contributed by atoms with van der Waals surface area (Å²) in [4.78, 5) is 0. The van der Waals surface area contributed by atoms with Crippen LogP contribution in [0.25, 0.3) is 0 Å². The summed E-state index contributed by atoms with van der Waals surface area (Å²) in [7, 11) is 1.73. The van der Waals surface area contributed by atoms with Crippen LogP contribution in [0.3, 0.4) is 0 Å². The Morgan fingerprint density at radius 3 is 2.76 bits per heavy atom. The van der Waals surface area contributed by atoms with Gasteiger partial charge >= 0.3 is 0 Å². The second-order valence-electron chi connectivity index (χ2n) is 5.22. The fourth-order valence-corrected chi connectivity index (χ4v) is 2.50. The normalized spacial score (nSPS) is 18.8. The van der Waals surface area contributed by atoms with Crippen LogP contribution in [0.4, 0.5) is 5.69 Å². The molecule has 1 unspecified atom stereocenters. The summed E-state index contributed by atoms with van der Waals surface area (Å²) in [5.41, 5.74) is 2.86. The Morgan fingerprint density at radius 2 is 2.18 bits per heavy atom. The van der Waals surface area contributed by atoms with Crippen molar-refractivity contribution in [2.24, 2.45) is 5.41 Å². The first-order chi connectivity index (χ1) is 8.07. The van der Waals surface area contributed by atoms with E-state index >= 15 is 0 Å². The molecule has 2 rings (SSSR count). The van der Waals surface area contributed by atoms with Gasteiger partial charge in [-0.2, -0.15) is 0 Å². The van der Waals surface area contributed by atoms with Gasteiger partial charge in [0.05, 0.1) is 6.61 Å². The smallest absolute Gasteiger partial charge is 0.0744 e. The van der Waals surface area contributed by atoms with Gasteiger partial charge in [0.25, 0.3) is 0 Å². The molecule has 1 saturated carbocycles. The van der Waals surface area contributed by atoms with Crippen LogP contribution in [0.15, 0.2) is 22.7 Å². The van der Waals surface area contributed by atoms with Gasteiger partial charge < -0.3 is 10.1 Å². The van der Waals surface area contributed by atoms with Crippen molar-refractivity contribution in [2.45, 2.75) is 39.3 Å². The zero-order chi connectivity index (χ0) is 12.5. The summed E-state index contributed by atoms with van der Waals surface area (Å²) < 4.78 is 6.37. The predicted octanol–water partition coefficient (Wildman–Crippen LogP) is 4.20. The van der Waals surface area contributed by atoms with Crippen molar-refractivity contribution in [2.75, 3.05) is 12.4 Å². The Kier molecular flexibility index (Phi) is 3.79. The van der Waals surface area contributed by atoms with Gasteiger partial charge in [0.2, 0.25) is 0 Å². The first-order valence-corrected chi connectivity index (χ1v) is 6.89. The van der Waals surface area contributed by atoms with Crippen LogP contribution in [0, 0.1) is 5.41 Å². The van der Waals surface area contributed by atoms with Crippen molar-refractivity contribution in [1.29, 1.82) is 0 Å². The molecule has 0 saturated heterocycles. The number of benzene rings is 1. The Labute approximate surface area is 112 Å². The molecule has 17 heavy (non-hydrogen) atoms. The minimum Gasteiger partial charge on any atom is -0.382 e. The number of rotatable bonds is 5. The minimum absolute atomic E-state index is 0.479. The quantitative estimate of drug-likeness (QED) is 0.880. The van der Waals surface area contributed by atoms with E-state index in [2.05, 4.69) is 53.3 Å². The number of anilines is 1. The molecule has 0 radical (unpaired) electrons. The number of halogens is 1. The highest BCUT2D eigenvalue weighted by Crippen LogP contribution is 2.49. The number of hydrogen-bond donors (Lipinski definition) is 1. The van der Waals surface area contributed by atoms with E-state index in [1.54, 1.807) is 7.11 Å². The Morgan fingerprint density at radius 1 is 1.47 bits per heavy atom. The largest absolute Gasteiger partial charge is 0.382 e. The van der Waals surface area contributed by atoms with Crippen LogP contribution >= 0.6 is 15.9 Å². The third-order valence-electron chi connectivity index (χ3n) is 3.86. The van der Waals surface area contributed by atoms with Crippen LogP contribution in [-0.4, -0.2) is 13.2 Å². The topological polar surface area (TPSA) is 21.3 Å². The van der Waals surface area contributed by atoms with E-state index in [0.29, 0.717) is 18.1 Å². The fraction of sp³-hybridized carbons (Fsp3) is 0.571. The van der Waals surface area contributed by atoms with Gasteiger partial charge in [0.1, 0.15) is 0 Å². The second kappa shape index (κ2) is 4.99. The molecule has 94 valence electrons. The van der Waals surface area contributed by atoms with Gasteiger partial charge in [-0.05, 0) is 37.3 Å². The zero-order valence-corrected chi connectivity index (χ0v) is 12.3. The van der Waals surface area contributed by atoms with Crippen molar-refractivity contribution in [3.05, 3.63) is 28.2 Å². The van der Waals surface area contributed by atoms with Crippen LogP contribution < -0.4 is 5.32 Å². The van der Waals surface area contributed by atoms with Gasteiger partial charge in [-0.3, -0.25) is 0 Å². The third-order valence-corrected chi connectivity index (χ3v) is 4.61. The lowest BCUT2D eigenvalue weighted by Gasteiger charge is -2.23. The summed E-state index contributed by atoms with van der Waals surface area (Å²) in [6.45, 7) is 5.25. The third kappa shape index (κ3) is 2.83. The van der Waals surface area contributed by atoms with Gasteiger partial charge in [0.15, 0.2) is 0 Å². The summed E-state index contributed by atoms with van der Waals surface area (Å²) in [6, 6.07) is 6.75. The predicted molar refractivity (Wildman–Crippen MR) is 75.3 cm³/mol. The highest BCUT2D eigenvalue weighted by molar-refractivity contribution is 9.10. The van der Waals surface area contributed by atoms with E-state index in [4.69, 9.17) is 4.74 Å². The van der Waals surface area contributed by atoms with E-state index in [0.717, 1.165) is 4.47 Å². The van der Waals surface area contributed by atoms with Gasteiger partial charge in [-0.25, -0.2) is 0 Å². The number of hydrogen-bond acceptors (Lipinski definition) is 2. The van der Waals surface area contributed by atoms with Crippen LogP contribution in [0.2, 0.25) is 0 Å². The molecule has 0 spiro atoms. The van der Waals surface area contributed by atoms with Crippen LogP contribution in [0.5, 0.6) is 0 Å². The molecule has 0 aromatic heterocycles. The van der Waals surface area contributed by atoms with Crippen molar-refractivity contribution >= 4 is 21.6 Å². The molecule has 1 aliphatic rings. The van der Waals surface area contributed by atoms with E-state index < -0.39 is 0 Å². The monoisotopic (exact) mass is 297 g/mol. The minimum atomic E-state index is 0.479. The highest BCUT2D eigenvalue weighted by atomic mass is 79.9. The van der Waals surface area contributed by atoms with Gasteiger partial charge in [-0.15, -0.1) is 0 Å². The van der Waals surface area contributed by atoms with Crippen molar-refractivity contribution in [3.8, 4) is 0 Å². The summed E-state index contributed by atoms with van der Waals surface area (Å²) in [6.07, 6.45) is 2.66. The molecule has 1 N–H and O–H groups in total. The molecule has 1 atom stereocenters. The molecule has 0 bridgehead atoms. The lowest BCUT2D eigenvalue weighted by molar-refractivity contribution is 0.184. The first kappa shape index (κ1) is 12.9. The maximum absolute atomic E-state index is 5.26. The van der Waals surface area contributed by atoms with Crippen LogP contribution in [-0.2, 0) is 11.3 Å². The molecule has 1 aromatic carbocycles. The lowest BCUT2D eigenvalue weighted by atomic mass is 10.00. The molecular weight excluding hydrogens is 278 g/mol. The molecule has 1 aliphatic carbocycles. The second-order valence-corrected chi connectivity index (χ2v) is 6.07. The van der Waals surface area contributed by atoms with Crippen molar-refractivity contribution < 1.29 is 4.74 Å². The average Bonchev–Trinajstić information content (AvgIpc) is 3.03. The van der Waals surface area contributed by atoms with Crippen molar-refractivity contribution in [1.82, 2.24) is 0 Å². The number of methoxy groups -OCH3 is 1. The Balaban J connectivity index is 2.16. The summed E-state index contributed by atoms with van der Waals surface area (Å²) in [5, 5.41) is 3.63. The lowest BCUT2D eigenvalue weighted by Crippen LogP contribution is -2.25. The molecule has 0 amide bonds. The van der Waals surface area contributed by atoms with Crippen molar-refractivity contribution in [3.63, 3.8) is 0 Å². The molecule has 2 nitrogen and oxygen atoms in total. The Hall–Kier alpha value is -0.540. The maximum atomic E-state index is 5.26. The van der Waals surface area contributed by atoms with Gasteiger partial charge in [-0.1, -0.05) is 28.9 Å². The first-order valence-electron chi connectivity index (χ1n) is 6.10.